The SMILES string of the molecule is Cc1c(C(=O)O)c(-c2ccco2)c(C(=O)O)c2cc(C(=O)c3ccccc3)c(N)n12. The van der Waals surface area contributed by atoms with Crippen LogP contribution in [0.3, 0.4) is 0 Å². The molecule has 0 aliphatic carbocycles. The van der Waals surface area contributed by atoms with Gasteiger partial charge in [-0.1, -0.05) is 30.3 Å². The molecular weight excluding hydrogens is 388 g/mol. The number of benzene rings is 1. The minimum Gasteiger partial charge on any atom is -0.478 e. The van der Waals surface area contributed by atoms with Crippen LogP contribution < -0.4 is 5.73 Å². The molecule has 30 heavy (non-hydrogen) atoms. The minimum absolute atomic E-state index is 0.0349. The van der Waals surface area contributed by atoms with Crippen LogP contribution in [0, 0.1) is 6.92 Å². The summed E-state index contributed by atoms with van der Waals surface area (Å²) in [6.45, 7) is 1.50. The van der Waals surface area contributed by atoms with E-state index in [2.05, 4.69) is 0 Å². The third-order valence-electron chi connectivity index (χ3n) is 4.97. The van der Waals surface area contributed by atoms with Crippen LogP contribution in [0.25, 0.3) is 16.8 Å². The molecule has 0 atom stereocenters. The van der Waals surface area contributed by atoms with Crippen molar-refractivity contribution in [3.63, 3.8) is 0 Å². The van der Waals surface area contributed by atoms with Gasteiger partial charge in [0.1, 0.15) is 11.6 Å². The van der Waals surface area contributed by atoms with Gasteiger partial charge in [0.2, 0.25) is 0 Å². The van der Waals surface area contributed by atoms with Crippen molar-refractivity contribution in [3.8, 4) is 11.3 Å². The third-order valence-corrected chi connectivity index (χ3v) is 4.97. The predicted molar refractivity (Wildman–Crippen MR) is 108 cm³/mol. The molecule has 150 valence electrons. The Hall–Kier alpha value is -4.33. The van der Waals surface area contributed by atoms with Crippen molar-refractivity contribution < 1.29 is 29.0 Å². The van der Waals surface area contributed by atoms with E-state index in [-0.39, 0.29) is 45.0 Å². The minimum atomic E-state index is -1.37. The predicted octanol–water partition coefficient (Wildman–Crippen LogP) is 3.72. The fraction of sp³-hybridized carbons (Fsp3) is 0.0455. The van der Waals surface area contributed by atoms with Gasteiger partial charge in [0.05, 0.1) is 34.0 Å². The fourth-order valence-corrected chi connectivity index (χ4v) is 3.69. The van der Waals surface area contributed by atoms with E-state index in [0.29, 0.717) is 5.56 Å². The Morgan fingerprint density at radius 3 is 2.20 bits per heavy atom. The second-order valence-electron chi connectivity index (χ2n) is 6.66. The number of nitrogen functional groups attached to an aromatic ring is 1. The summed E-state index contributed by atoms with van der Waals surface area (Å²) in [6.07, 6.45) is 1.32. The zero-order valence-electron chi connectivity index (χ0n) is 15.7. The average Bonchev–Trinajstić information content (AvgIpc) is 3.35. The van der Waals surface area contributed by atoms with Gasteiger partial charge in [-0.2, -0.15) is 0 Å². The molecule has 4 aromatic rings. The van der Waals surface area contributed by atoms with Gasteiger partial charge in [-0.05, 0) is 25.1 Å². The van der Waals surface area contributed by atoms with Crippen LogP contribution in [0.2, 0.25) is 0 Å². The number of nitrogens with zero attached hydrogens (tertiary/aromatic N) is 1. The molecule has 3 aromatic heterocycles. The van der Waals surface area contributed by atoms with E-state index in [1.54, 1.807) is 30.3 Å². The molecule has 0 saturated heterocycles. The van der Waals surface area contributed by atoms with E-state index >= 15 is 0 Å². The molecule has 0 amide bonds. The molecule has 0 aliphatic rings. The lowest BCUT2D eigenvalue weighted by Crippen LogP contribution is -2.14. The maximum Gasteiger partial charge on any atom is 0.338 e. The first-order valence-corrected chi connectivity index (χ1v) is 8.90. The average molecular weight is 404 g/mol. The third kappa shape index (κ3) is 2.74. The van der Waals surface area contributed by atoms with Crippen LogP contribution in [0.5, 0.6) is 0 Å². The Morgan fingerprint density at radius 2 is 1.63 bits per heavy atom. The molecule has 8 nitrogen and oxygen atoms in total. The number of rotatable bonds is 5. The van der Waals surface area contributed by atoms with E-state index in [4.69, 9.17) is 10.2 Å². The summed E-state index contributed by atoms with van der Waals surface area (Å²) in [6, 6.07) is 12.8. The number of furan rings is 1. The molecular formula is C22H16N2O6. The van der Waals surface area contributed by atoms with Crippen molar-refractivity contribution >= 4 is 29.1 Å². The molecule has 0 radical (unpaired) electrons. The standard InChI is InChI=1S/C22H16N2O6/c1-11-16(21(26)27)18(15-8-5-9-30-15)17(22(28)29)14-10-13(20(23)24(11)14)19(25)12-6-3-2-4-7-12/h2-10H,23H2,1H3,(H,26,27)(H,28,29). The summed E-state index contributed by atoms with van der Waals surface area (Å²) in [4.78, 5) is 37.3. The van der Waals surface area contributed by atoms with Crippen molar-refractivity contribution in [3.05, 3.63) is 82.7 Å². The van der Waals surface area contributed by atoms with Gasteiger partial charge >= 0.3 is 11.9 Å². The lowest BCUT2D eigenvalue weighted by atomic mass is 9.97. The zero-order chi connectivity index (χ0) is 21.6. The van der Waals surface area contributed by atoms with Gasteiger partial charge in [-0.25, -0.2) is 9.59 Å². The highest BCUT2D eigenvalue weighted by molar-refractivity contribution is 6.15. The number of carbonyl (C=O) groups excluding carboxylic acids is 1. The van der Waals surface area contributed by atoms with Crippen LogP contribution in [-0.4, -0.2) is 32.3 Å². The molecule has 0 bridgehead atoms. The molecule has 1 aromatic carbocycles. The molecule has 8 heteroatoms. The van der Waals surface area contributed by atoms with Crippen molar-refractivity contribution in [2.45, 2.75) is 6.92 Å². The molecule has 0 saturated carbocycles. The van der Waals surface area contributed by atoms with Crippen LogP contribution in [0.1, 0.15) is 42.3 Å². The molecule has 0 unspecified atom stereocenters. The van der Waals surface area contributed by atoms with E-state index in [9.17, 15) is 24.6 Å². The van der Waals surface area contributed by atoms with Gasteiger partial charge < -0.3 is 20.4 Å². The number of aromatic nitrogens is 1. The van der Waals surface area contributed by atoms with E-state index in [1.165, 1.54) is 35.8 Å². The number of aryl methyl sites for hydroxylation is 1. The summed E-state index contributed by atoms with van der Waals surface area (Å²) >= 11 is 0. The van der Waals surface area contributed by atoms with E-state index in [1.807, 2.05) is 0 Å². The van der Waals surface area contributed by atoms with E-state index in [0.717, 1.165) is 0 Å². The van der Waals surface area contributed by atoms with Crippen LogP contribution >= 0.6 is 0 Å². The van der Waals surface area contributed by atoms with Gasteiger partial charge in [-0.15, -0.1) is 0 Å². The Morgan fingerprint density at radius 1 is 0.967 bits per heavy atom. The van der Waals surface area contributed by atoms with Gasteiger partial charge in [0.15, 0.2) is 5.78 Å². The van der Waals surface area contributed by atoms with Crippen molar-refractivity contribution in [1.29, 1.82) is 0 Å². The number of anilines is 1. The molecule has 4 N–H and O–H groups in total. The van der Waals surface area contributed by atoms with Crippen LogP contribution in [0.4, 0.5) is 5.82 Å². The lowest BCUT2D eigenvalue weighted by molar-refractivity contribution is 0.0695. The van der Waals surface area contributed by atoms with Crippen molar-refractivity contribution in [2.75, 3.05) is 5.73 Å². The van der Waals surface area contributed by atoms with Crippen LogP contribution in [-0.2, 0) is 0 Å². The number of carboxylic acids is 2. The largest absolute Gasteiger partial charge is 0.478 e. The topological polar surface area (TPSA) is 135 Å². The van der Waals surface area contributed by atoms with Gasteiger partial charge in [0.25, 0.3) is 0 Å². The summed E-state index contributed by atoms with van der Waals surface area (Å²) < 4.78 is 6.61. The number of nitrogens with two attached hydrogens (primary N) is 1. The lowest BCUT2D eigenvalue weighted by Gasteiger charge is -2.15. The maximum absolute atomic E-state index is 13.0. The monoisotopic (exact) mass is 404 g/mol. The summed E-state index contributed by atoms with van der Waals surface area (Å²) in [5.74, 6) is -3.06. The molecule has 0 spiro atoms. The number of hydrogen-bond acceptors (Lipinski definition) is 5. The van der Waals surface area contributed by atoms with E-state index < -0.39 is 17.7 Å². The molecule has 0 fully saturated rings. The summed E-state index contributed by atoms with van der Waals surface area (Å²) in [5.41, 5.74) is 6.30. The maximum atomic E-state index is 13.0. The molecule has 4 rings (SSSR count). The smallest absolute Gasteiger partial charge is 0.338 e. The second kappa shape index (κ2) is 6.93. The first-order valence-electron chi connectivity index (χ1n) is 8.90. The number of fused-ring (bicyclic) bond motifs is 1. The highest BCUT2D eigenvalue weighted by Crippen LogP contribution is 2.37. The Balaban J connectivity index is 2.14. The second-order valence-corrected chi connectivity index (χ2v) is 6.66. The zero-order valence-corrected chi connectivity index (χ0v) is 15.7. The number of carboxylic acid groups (broad SMARTS) is 2. The molecule has 0 aliphatic heterocycles. The quantitative estimate of drug-likeness (QED) is 0.431. The van der Waals surface area contributed by atoms with Gasteiger partial charge in [0, 0.05) is 11.3 Å². The van der Waals surface area contributed by atoms with Gasteiger partial charge in [-0.3, -0.25) is 9.20 Å². The number of carbonyl (C=O) groups is 3. The Bertz CT molecular complexity index is 1320. The normalized spacial score (nSPS) is 11.0. The Kier molecular flexibility index (Phi) is 4.39. The van der Waals surface area contributed by atoms with Crippen LogP contribution in [0.15, 0.2) is 59.2 Å². The number of ketones is 1. The number of pyridine rings is 1. The number of aromatic carboxylic acids is 2. The first kappa shape index (κ1) is 19.0. The summed E-state index contributed by atoms with van der Waals surface area (Å²) in [5, 5.41) is 19.8. The molecule has 3 heterocycles. The Labute approximate surface area is 169 Å². The van der Waals surface area contributed by atoms with Crippen molar-refractivity contribution in [2.24, 2.45) is 0 Å². The van der Waals surface area contributed by atoms with Crippen molar-refractivity contribution in [1.82, 2.24) is 4.40 Å². The first-order chi connectivity index (χ1) is 14.3. The fourth-order valence-electron chi connectivity index (χ4n) is 3.69. The highest BCUT2D eigenvalue weighted by Gasteiger charge is 2.31. The summed E-state index contributed by atoms with van der Waals surface area (Å²) in [7, 11) is 0. The highest BCUT2D eigenvalue weighted by atomic mass is 16.4. The number of hydrogen-bond donors (Lipinski definition) is 3.